The van der Waals surface area contributed by atoms with Gasteiger partial charge in [0, 0.05) is 5.92 Å². The summed E-state index contributed by atoms with van der Waals surface area (Å²) in [4.78, 5) is 0.147. The van der Waals surface area contributed by atoms with E-state index in [-0.39, 0.29) is 10.8 Å². The molecular formula is C8H9NO2S. The van der Waals surface area contributed by atoms with Crippen molar-refractivity contribution < 1.29 is 8.42 Å². The highest BCUT2D eigenvalue weighted by Gasteiger charge is 2.13. The Morgan fingerprint density at radius 1 is 1.67 bits per heavy atom. The summed E-state index contributed by atoms with van der Waals surface area (Å²) < 4.78 is 21.6. The normalized spacial score (nSPS) is 23.0. The van der Waals surface area contributed by atoms with Crippen molar-refractivity contribution in [2.75, 3.05) is 0 Å². The Bertz CT molecular complexity index is 370. The Labute approximate surface area is 72.0 Å². The third kappa shape index (κ3) is 1.97. The SMILES string of the molecule is C#CC1C=CC(S(N)(=O)=O)=CC1. The predicted octanol–water partition coefficient (Wildman–Crippen LogP) is 0.368. The fourth-order valence-corrected chi connectivity index (χ4v) is 1.53. The maximum atomic E-state index is 10.8. The van der Waals surface area contributed by atoms with Crippen LogP contribution in [0.5, 0.6) is 0 Å². The van der Waals surface area contributed by atoms with Crippen LogP contribution in [0.3, 0.4) is 0 Å². The summed E-state index contributed by atoms with van der Waals surface area (Å²) in [5.41, 5.74) is 0. The van der Waals surface area contributed by atoms with Crippen molar-refractivity contribution in [2.45, 2.75) is 6.42 Å². The van der Waals surface area contributed by atoms with Gasteiger partial charge in [0.25, 0.3) is 0 Å². The van der Waals surface area contributed by atoms with Gasteiger partial charge in [0.1, 0.15) is 0 Å². The fourth-order valence-electron chi connectivity index (χ4n) is 0.935. The van der Waals surface area contributed by atoms with Gasteiger partial charge in [0.15, 0.2) is 0 Å². The number of hydrogen-bond donors (Lipinski definition) is 1. The van der Waals surface area contributed by atoms with Gasteiger partial charge in [-0.3, -0.25) is 0 Å². The molecule has 1 atom stereocenters. The van der Waals surface area contributed by atoms with Gasteiger partial charge < -0.3 is 0 Å². The maximum Gasteiger partial charge on any atom is 0.237 e. The van der Waals surface area contributed by atoms with Crippen molar-refractivity contribution >= 4 is 10.0 Å². The zero-order valence-electron chi connectivity index (χ0n) is 6.40. The second kappa shape index (κ2) is 3.13. The topological polar surface area (TPSA) is 60.2 Å². The van der Waals surface area contributed by atoms with E-state index in [1.165, 1.54) is 6.08 Å². The van der Waals surface area contributed by atoms with E-state index in [1.807, 2.05) is 0 Å². The molecule has 0 saturated carbocycles. The van der Waals surface area contributed by atoms with E-state index < -0.39 is 10.0 Å². The molecule has 2 N–H and O–H groups in total. The zero-order chi connectivity index (χ0) is 9.19. The lowest BCUT2D eigenvalue weighted by molar-refractivity contribution is 0.604. The first-order chi connectivity index (χ1) is 5.54. The van der Waals surface area contributed by atoms with Crippen LogP contribution in [0.4, 0.5) is 0 Å². The lowest BCUT2D eigenvalue weighted by atomic mass is 10.0. The van der Waals surface area contributed by atoms with E-state index >= 15 is 0 Å². The minimum atomic E-state index is -3.55. The number of terminal acetylenes is 1. The molecule has 3 nitrogen and oxygen atoms in total. The van der Waals surface area contributed by atoms with Gasteiger partial charge in [-0.25, -0.2) is 13.6 Å². The second-order valence-corrected chi connectivity index (χ2v) is 4.08. The van der Waals surface area contributed by atoms with Gasteiger partial charge in [-0.05, 0) is 12.5 Å². The average Bonchev–Trinajstić information content (AvgIpc) is 2.03. The molecule has 4 heteroatoms. The van der Waals surface area contributed by atoms with Crippen molar-refractivity contribution in [1.29, 1.82) is 0 Å². The molecule has 0 saturated heterocycles. The summed E-state index contributed by atoms with van der Waals surface area (Å²) in [6, 6.07) is 0. The van der Waals surface area contributed by atoms with E-state index in [1.54, 1.807) is 12.2 Å². The van der Waals surface area contributed by atoms with Crippen LogP contribution in [0.15, 0.2) is 23.1 Å². The van der Waals surface area contributed by atoms with Crippen LogP contribution in [0.2, 0.25) is 0 Å². The Morgan fingerprint density at radius 2 is 2.33 bits per heavy atom. The summed E-state index contributed by atoms with van der Waals surface area (Å²) in [5, 5.41) is 4.90. The zero-order valence-corrected chi connectivity index (χ0v) is 7.21. The molecule has 0 fully saturated rings. The number of rotatable bonds is 1. The first kappa shape index (κ1) is 9.04. The molecule has 1 unspecified atom stereocenters. The van der Waals surface area contributed by atoms with Crippen molar-refractivity contribution in [3.05, 3.63) is 23.1 Å². The van der Waals surface area contributed by atoms with Crippen molar-refractivity contribution in [2.24, 2.45) is 11.1 Å². The smallest absolute Gasteiger partial charge is 0.225 e. The second-order valence-electron chi connectivity index (χ2n) is 2.52. The summed E-state index contributed by atoms with van der Waals surface area (Å²) >= 11 is 0. The highest BCUT2D eigenvalue weighted by Crippen LogP contribution is 2.17. The minimum Gasteiger partial charge on any atom is -0.225 e. The number of hydrogen-bond acceptors (Lipinski definition) is 2. The van der Waals surface area contributed by atoms with Gasteiger partial charge >= 0.3 is 0 Å². The van der Waals surface area contributed by atoms with E-state index in [0.717, 1.165) is 0 Å². The van der Waals surface area contributed by atoms with Crippen LogP contribution in [-0.2, 0) is 10.0 Å². The minimum absolute atomic E-state index is 0.00417. The molecule has 1 aliphatic carbocycles. The summed E-state index contributed by atoms with van der Waals surface area (Å²) in [6.45, 7) is 0. The Balaban J connectivity index is 2.87. The molecule has 12 heavy (non-hydrogen) atoms. The van der Waals surface area contributed by atoms with Crippen LogP contribution in [0.25, 0.3) is 0 Å². The Morgan fingerprint density at radius 3 is 2.67 bits per heavy atom. The molecule has 0 heterocycles. The van der Waals surface area contributed by atoms with E-state index in [4.69, 9.17) is 11.6 Å². The molecule has 0 spiro atoms. The molecule has 0 aromatic rings. The number of primary sulfonamides is 1. The van der Waals surface area contributed by atoms with Crippen molar-refractivity contribution in [1.82, 2.24) is 0 Å². The molecule has 1 rings (SSSR count). The molecule has 0 bridgehead atoms. The van der Waals surface area contributed by atoms with Gasteiger partial charge in [0.2, 0.25) is 10.0 Å². The third-order valence-corrected chi connectivity index (χ3v) is 2.57. The van der Waals surface area contributed by atoms with Gasteiger partial charge in [-0.1, -0.05) is 18.1 Å². The molecule has 0 aromatic carbocycles. The van der Waals surface area contributed by atoms with E-state index in [0.29, 0.717) is 6.42 Å². The first-order valence-electron chi connectivity index (χ1n) is 3.41. The summed E-state index contributed by atoms with van der Waals surface area (Å²) in [7, 11) is -3.55. The van der Waals surface area contributed by atoms with Crippen LogP contribution in [0, 0.1) is 18.3 Å². The Hall–Kier alpha value is -1.05. The fraction of sp³-hybridized carbons (Fsp3) is 0.250. The quantitative estimate of drug-likeness (QED) is 0.597. The lowest BCUT2D eigenvalue weighted by Gasteiger charge is -2.08. The first-order valence-corrected chi connectivity index (χ1v) is 4.96. The van der Waals surface area contributed by atoms with Crippen LogP contribution >= 0.6 is 0 Å². The van der Waals surface area contributed by atoms with Crippen LogP contribution in [0.1, 0.15) is 6.42 Å². The van der Waals surface area contributed by atoms with Gasteiger partial charge in [0.05, 0.1) is 4.91 Å². The summed E-state index contributed by atoms with van der Waals surface area (Å²) in [5.74, 6) is 2.50. The maximum absolute atomic E-state index is 10.8. The van der Waals surface area contributed by atoms with Crippen LogP contribution < -0.4 is 5.14 Å². The van der Waals surface area contributed by atoms with E-state index in [9.17, 15) is 8.42 Å². The Kier molecular flexibility index (Phi) is 2.36. The molecule has 64 valence electrons. The van der Waals surface area contributed by atoms with Gasteiger partial charge in [-0.2, -0.15) is 0 Å². The number of sulfonamides is 1. The highest BCUT2D eigenvalue weighted by molar-refractivity contribution is 7.93. The lowest BCUT2D eigenvalue weighted by Crippen LogP contribution is -2.15. The van der Waals surface area contributed by atoms with Crippen molar-refractivity contribution in [3.8, 4) is 12.3 Å². The summed E-state index contributed by atoms with van der Waals surface area (Å²) in [6.07, 6.45) is 10.3. The molecule has 0 aromatic heterocycles. The molecule has 1 aliphatic rings. The number of nitrogens with two attached hydrogens (primary N) is 1. The molecular weight excluding hydrogens is 174 g/mol. The van der Waals surface area contributed by atoms with Crippen molar-refractivity contribution in [3.63, 3.8) is 0 Å². The monoisotopic (exact) mass is 183 g/mol. The molecule has 0 aliphatic heterocycles. The molecule has 0 amide bonds. The predicted molar refractivity (Wildman–Crippen MR) is 47.3 cm³/mol. The molecule has 0 radical (unpaired) electrons. The average molecular weight is 183 g/mol. The standard InChI is InChI=1S/C8H9NO2S/c1-2-7-3-5-8(6-4-7)12(9,10)11/h1,3,5-7H,4H2,(H2,9,10,11). The van der Waals surface area contributed by atoms with E-state index in [2.05, 4.69) is 5.92 Å². The largest absolute Gasteiger partial charge is 0.237 e. The van der Waals surface area contributed by atoms with Gasteiger partial charge in [-0.15, -0.1) is 6.42 Å². The number of allylic oxidation sites excluding steroid dienone is 3. The van der Waals surface area contributed by atoms with Crippen LogP contribution in [-0.4, -0.2) is 8.42 Å². The third-order valence-electron chi connectivity index (χ3n) is 1.61. The highest BCUT2D eigenvalue weighted by atomic mass is 32.2.